The van der Waals surface area contributed by atoms with Gasteiger partial charge in [0.25, 0.3) is 5.91 Å². The number of hydrogen-bond acceptors (Lipinski definition) is 2. The van der Waals surface area contributed by atoms with Crippen LogP contribution in [0.3, 0.4) is 0 Å². The molecule has 3 nitrogen and oxygen atoms in total. The topological polar surface area (TPSA) is 38.3 Å². The van der Waals surface area contributed by atoms with Crippen molar-refractivity contribution < 1.29 is 9.53 Å². The Labute approximate surface area is 154 Å². The second kappa shape index (κ2) is 6.49. The summed E-state index contributed by atoms with van der Waals surface area (Å²) >= 11 is 0. The van der Waals surface area contributed by atoms with Gasteiger partial charge in [-0.05, 0) is 79.5 Å². The molecule has 26 heavy (non-hydrogen) atoms. The van der Waals surface area contributed by atoms with Crippen LogP contribution in [0.25, 0.3) is 10.8 Å². The lowest BCUT2D eigenvalue weighted by atomic mass is 10.0. The van der Waals surface area contributed by atoms with Gasteiger partial charge in [-0.15, -0.1) is 0 Å². The molecule has 4 rings (SSSR count). The van der Waals surface area contributed by atoms with Crippen LogP contribution in [0.4, 0.5) is 5.69 Å². The minimum atomic E-state index is -0.570. The molecule has 0 saturated heterocycles. The summed E-state index contributed by atoms with van der Waals surface area (Å²) in [5, 5.41) is 5.47. The molecule has 0 radical (unpaired) electrons. The van der Waals surface area contributed by atoms with E-state index in [0.29, 0.717) is 0 Å². The number of ether oxygens (including phenoxy) is 1. The first kappa shape index (κ1) is 16.6. The Kier molecular flexibility index (Phi) is 4.15. The predicted octanol–water partition coefficient (Wildman–Crippen LogP) is 4.96. The third-order valence-corrected chi connectivity index (χ3v) is 5.01. The molecule has 0 aromatic heterocycles. The van der Waals surface area contributed by atoms with E-state index < -0.39 is 6.10 Å². The predicted molar refractivity (Wildman–Crippen MR) is 106 cm³/mol. The van der Waals surface area contributed by atoms with Crippen LogP contribution in [-0.2, 0) is 17.6 Å². The molecule has 1 N–H and O–H groups in total. The van der Waals surface area contributed by atoms with Gasteiger partial charge in [0.05, 0.1) is 0 Å². The Balaban J connectivity index is 1.56. The maximum absolute atomic E-state index is 12.7. The summed E-state index contributed by atoms with van der Waals surface area (Å²) in [7, 11) is 0. The third kappa shape index (κ3) is 3.05. The van der Waals surface area contributed by atoms with E-state index in [1.165, 1.54) is 16.5 Å². The normalized spacial score (nSPS) is 13.7. The number of hydrogen-bond donors (Lipinski definition) is 1. The smallest absolute Gasteiger partial charge is 0.265 e. The van der Waals surface area contributed by atoms with E-state index in [2.05, 4.69) is 35.6 Å². The van der Waals surface area contributed by atoms with Crippen molar-refractivity contribution in [1.82, 2.24) is 0 Å². The molecule has 1 aliphatic rings. The maximum atomic E-state index is 12.7. The van der Waals surface area contributed by atoms with Crippen LogP contribution >= 0.6 is 0 Å². The van der Waals surface area contributed by atoms with E-state index in [0.717, 1.165) is 40.8 Å². The second-order valence-corrected chi connectivity index (χ2v) is 7.18. The molecule has 1 aliphatic carbocycles. The number of amides is 1. The zero-order valence-corrected chi connectivity index (χ0v) is 15.4. The highest BCUT2D eigenvalue weighted by Crippen LogP contribution is 2.35. The molecular weight excluding hydrogens is 322 g/mol. The van der Waals surface area contributed by atoms with Crippen molar-refractivity contribution in [2.24, 2.45) is 0 Å². The van der Waals surface area contributed by atoms with Crippen LogP contribution in [0, 0.1) is 13.8 Å². The Bertz CT molecular complexity index is 976. The van der Waals surface area contributed by atoms with Gasteiger partial charge in [-0.2, -0.15) is 0 Å². The average Bonchev–Trinajstić information content (AvgIpc) is 3.01. The molecule has 132 valence electrons. The van der Waals surface area contributed by atoms with Gasteiger partial charge in [-0.3, -0.25) is 4.79 Å². The second-order valence-electron chi connectivity index (χ2n) is 7.18. The van der Waals surface area contributed by atoms with Gasteiger partial charge >= 0.3 is 0 Å². The van der Waals surface area contributed by atoms with E-state index in [4.69, 9.17) is 4.74 Å². The summed E-state index contributed by atoms with van der Waals surface area (Å²) in [5.74, 6) is 0.591. The molecular formula is C23H23NO2. The van der Waals surface area contributed by atoms with E-state index in [-0.39, 0.29) is 5.91 Å². The first-order valence-corrected chi connectivity index (χ1v) is 9.10. The van der Waals surface area contributed by atoms with Crippen molar-refractivity contribution in [3.05, 3.63) is 70.8 Å². The highest BCUT2D eigenvalue weighted by Gasteiger charge is 2.19. The molecule has 0 spiro atoms. The molecule has 3 heteroatoms. The van der Waals surface area contributed by atoms with Crippen molar-refractivity contribution in [2.45, 2.75) is 39.7 Å². The summed E-state index contributed by atoms with van der Waals surface area (Å²) < 4.78 is 5.87. The molecule has 1 unspecified atom stereocenters. The largest absolute Gasteiger partial charge is 0.481 e. The SMILES string of the molecule is Cc1cc(C)cc(OC(C)C(=O)Nc2ccc3c4c(cccc24)CC3)c1. The quantitative estimate of drug-likeness (QED) is 0.726. The molecule has 0 aliphatic heterocycles. The van der Waals surface area contributed by atoms with Crippen LogP contribution in [0.2, 0.25) is 0 Å². The lowest BCUT2D eigenvalue weighted by molar-refractivity contribution is -0.122. The molecule has 0 bridgehead atoms. The number of carbonyl (C=O) groups is 1. The summed E-state index contributed by atoms with van der Waals surface area (Å²) in [4.78, 5) is 12.7. The van der Waals surface area contributed by atoms with Crippen LogP contribution in [0.1, 0.15) is 29.2 Å². The molecule has 0 heterocycles. The number of nitrogens with one attached hydrogen (secondary N) is 1. The Morgan fingerprint density at radius 1 is 1.00 bits per heavy atom. The summed E-state index contributed by atoms with van der Waals surface area (Å²) in [6.07, 6.45) is 1.59. The van der Waals surface area contributed by atoms with Gasteiger partial charge in [0.15, 0.2) is 6.10 Å². The molecule has 1 amide bonds. The lowest BCUT2D eigenvalue weighted by Crippen LogP contribution is -2.30. The zero-order valence-electron chi connectivity index (χ0n) is 15.4. The van der Waals surface area contributed by atoms with Gasteiger partial charge < -0.3 is 10.1 Å². The third-order valence-electron chi connectivity index (χ3n) is 5.01. The first-order valence-electron chi connectivity index (χ1n) is 9.10. The van der Waals surface area contributed by atoms with Crippen LogP contribution in [0.5, 0.6) is 5.75 Å². The summed E-state index contributed by atoms with van der Waals surface area (Å²) in [5.41, 5.74) is 5.84. The minimum absolute atomic E-state index is 0.136. The molecule has 1 atom stereocenters. The van der Waals surface area contributed by atoms with E-state index in [9.17, 15) is 4.79 Å². The molecule has 0 fully saturated rings. The van der Waals surface area contributed by atoms with Gasteiger partial charge in [-0.1, -0.05) is 30.3 Å². The molecule has 3 aromatic rings. The van der Waals surface area contributed by atoms with E-state index >= 15 is 0 Å². The van der Waals surface area contributed by atoms with Crippen molar-refractivity contribution >= 4 is 22.4 Å². The average molecular weight is 345 g/mol. The fourth-order valence-corrected chi connectivity index (χ4v) is 3.85. The number of aryl methyl sites for hydroxylation is 4. The van der Waals surface area contributed by atoms with Crippen LogP contribution < -0.4 is 10.1 Å². The fraction of sp³-hybridized carbons (Fsp3) is 0.261. The Morgan fingerprint density at radius 2 is 1.69 bits per heavy atom. The fourth-order valence-electron chi connectivity index (χ4n) is 3.85. The molecule has 3 aromatic carbocycles. The van der Waals surface area contributed by atoms with Gasteiger partial charge in [0.1, 0.15) is 5.75 Å². The standard InChI is InChI=1S/C23H23NO2/c1-14-11-15(2)13-19(12-14)26-16(3)23(25)24-21-10-9-18-8-7-17-5-4-6-20(21)22(17)18/h4-6,9-13,16H,7-8H2,1-3H3,(H,24,25). The highest BCUT2D eigenvalue weighted by atomic mass is 16.5. The first-order chi connectivity index (χ1) is 12.5. The Morgan fingerprint density at radius 3 is 2.42 bits per heavy atom. The van der Waals surface area contributed by atoms with E-state index in [1.54, 1.807) is 6.92 Å². The van der Waals surface area contributed by atoms with Crippen molar-refractivity contribution in [3.63, 3.8) is 0 Å². The summed E-state index contributed by atoms with van der Waals surface area (Å²) in [6, 6.07) is 16.5. The van der Waals surface area contributed by atoms with Gasteiger partial charge in [0, 0.05) is 11.1 Å². The monoisotopic (exact) mass is 345 g/mol. The van der Waals surface area contributed by atoms with Gasteiger partial charge in [-0.25, -0.2) is 0 Å². The number of carbonyl (C=O) groups excluding carboxylic acids is 1. The minimum Gasteiger partial charge on any atom is -0.481 e. The lowest BCUT2D eigenvalue weighted by Gasteiger charge is -2.17. The van der Waals surface area contributed by atoms with Crippen molar-refractivity contribution in [1.29, 1.82) is 0 Å². The number of anilines is 1. The Hall–Kier alpha value is -2.81. The van der Waals surface area contributed by atoms with E-state index in [1.807, 2.05) is 32.0 Å². The van der Waals surface area contributed by atoms with Crippen molar-refractivity contribution in [3.8, 4) is 5.75 Å². The molecule has 0 saturated carbocycles. The highest BCUT2D eigenvalue weighted by molar-refractivity contribution is 6.06. The van der Waals surface area contributed by atoms with Crippen LogP contribution in [0.15, 0.2) is 48.5 Å². The summed E-state index contributed by atoms with van der Waals surface area (Å²) in [6.45, 7) is 5.84. The van der Waals surface area contributed by atoms with Crippen molar-refractivity contribution in [2.75, 3.05) is 5.32 Å². The number of benzene rings is 3. The van der Waals surface area contributed by atoms with Crippen LogP contribution in [-0.4, -0.2) is 12.0 Å². The zero-order chi connectivity index (χ0) is 18.3. The number of rotatable bonds is 4. The van der Waals surface area contributed by atoms with Gasteiger partial charge in [0.2, 0.25) is 0 Å². The maximum Gasteiger partial charge on any atom is 0.265 e.